The molecule has 0 bridgehead atoms. The van der Waals surface area contributed by atoms with Gasteiger partial charge < -0.3 is 5.11 Å². The predicted octanol–water partition coefficient (Wildman–Crippen LogP) is 2.57. The van der Waals surface area contributed by atoms with Gasteiger partial charge >= 0.3 is 0 Å². The normalized spacial score (nSPS) is 23.9. The van der Waals surface area contributed by atoms with E-state index in [1.54, 1.807) is 11.8 Å². The van der Waals surface area contributed by atoms with Crippen LogP contribution in [0.15, 0.2) is 14.7 Å². The minimum Gasteiger partial charge on any atom is -0.391 e. The predicted molar refractivity (Wildman–Crippen MR) is 83.2 cm³/mol. The largest absolute Gasteiger partial charge is 0.391 e. The Kier molecular flexibility index (Phi) is 5.35. The zero-order valence-electron chi connectivity index (χ0n) is 10.4. The van der Waals surface area contributed by atoms with Crippen molar-refractivity contribution in [2.24, 2.45) is 0 Å². The van der Waals surface area contributed by atoms with Crippen LogP contribution in [0.25, 0.3) is 0 Å². The van der Waals surface area contributed by atoms with Crippen LogP contribution in [0.5, 0.6) is 0 Å². The van der Waals surface area contributed by atoms with Crippen LogP contribution in [0.1, 0.15) is 24.1 Å². The highest BCUT2D eigenvalue weighted by Crippen LogP contribution is 2.34. The third kappa shape index (κ3) is 3.54. The molecular weight excluding hydrogens is 370 g/mol. The lowest BCUT2D eigenvalue weighted by Crippen LogP contribution is -2.38. The molecule has 2 atom stereocenters. The van der Waals surface area contributed by atoms with E-state index in [9.17, 15) is 8.42 Å². The van der Waals surface area contributed by atoms with Crippen LogP contribution in [-0.4, -0.2) is 31.1 Å². The standard InChI is InChI=1S/C11H16BrNO3S3/c1-17-9-4-2-3-8(9)13-19(15,16)10-5-7(6-14)18-11(10)12/h5,8-9,13-14H,2-4,6H2,1H3. The molecule has 2 N–H and O–H groups in total. The molecule has 1 aromatic rings. The number of aliphatic hydroxyl groups is 1. The van der Waals surface area contributed by atoms with E-state index >= 15 is 0 Å². The fourth-order valence-electron chi connectivity index (χ4n) is 2.26. The lowest BCUT2D eigenvalue weighted by atomic mass is 10.3. The molecule has 0 aromatic carbocycles. The van der Waals surface area contributed by atoms with E-state index in [1.807, 2.05) is 6.26 Å². The Morgan fingerprint density at radius 2 is 2.32 bits per heavy atom. The summed E-state index contributed by atoms with van der Waals surface area (Å²) in [7, 11) is -3.52. The average molecular weight is 386 g/mol. The van der Waals surface area contributed by atoms with Crippen LogP contribution in [-0.2, 0) is 16.6 Å². The number of nitrogens with one attached hydrogen (secondary N) is 1. The summed E-state index contributed by atoms with van der Waals surface area (Å²) >= 11 is 6.22. The number of thioether (sulfide) groups is 1. The number of aliphatic hydroxyl groups excluding tert-OH is 1. The Morgan fingerprint density at radius 3 is 2.89 bits per heavy atom. The number of thiophene rings is 1. The first-order valence-electron chi connectivity index (χ1n) is 5.92. The molecule has 1 heterocycles. The Bertz CT molecular complexity index is 543. The molecule has 0 aliphatic heterocycles. The molecule has 0 radical (unpaired) electrons. The summed E-state index contributed by atoms with van der Waals surface area (Å²) in [6.45, 7) is -0.143. The minimum atomic E-state index is -3.52. The second-order valence-corrected chi connectivity index (χ2v) is 9.66. The molecule has 2 rings (SSSR count). The summed E-state index contributed by atoms with van der Waals surface area (Å²) in [6, 6.07) is 1.53. The van der Waals surface area contributed by atoms with E-state index in [-0.39, 0.29) is 17.5 Å². The fraction of sp³-hybridized carbons (Fsp3) is 0.636. The Balaban J connectivity index is 2.20. The maximum absolute atomic E-state index is 12.4. The van der Waals surface area contributed by atoms with Crippen molar-refractivity contribution in [1.82, 2.24) is 4.72 Å². The summed E-state index contributed by atoms with van der Waals surface area (Å²) in [4.78, 5) is 0.869. The Hall–Kier alpha value is 0.400. The SMILES string of the molecule is CSC1CCCC1NS(=O)(=O)c1cc(CO)sc1Br. The van der Waals surface area contributed by atoms with Crippen LogP contribution >= 0.6 is 39.0 Å². The van der Waals surface area contributed by atoms with Crippen LogP contribution in [0.2, 0.25) is 0 Å². The second kappa shape index (κ2) is 6.44. The van der Waals surface area contributed by atoms with Gasteiger partial charge in [-0.15, -0.1) is 11.3 Å². The van der Waals surface area contributed by atoms with Gasteiger partial charge in [0.05, 0.1) is 10.4 Å². The first-order valence-corrected chi connectivity index (χ1v) is 10.3. The van der Waals surface area contributed by atoms with E-state index in [0.29, 0.717) is 13.9 Å². The summed E-state index contributed by atoms with van der Waals surface area (Å²) in [5.41, 5.74) is 0. The third-order valence-electron chi connectivity index (χ3n) is 3.21. The highest BCUT2D eigenvalue weighted by Gasteiger charge is 2.32. The molecular formula is C11H16BrNO3S3. The highest BCUT2D eigenvalue weighted by atomic mass is 79.9. The number of hydrogen-bond acceptors (Lipinski definition) is 5. The van der Waals surface area contributed by atoms with Gasteiger partial charge in [-0.3, -0.25) is 0 Å². The number of rotatable bonds is 5. The summed E-state index contributed by atoms with van der Waals surface area (Å²) in [6.07, 6.45) is 5.02. The lowest BCUT2D eigenvalue weighted by Gasteiger charge is -2.18. The van der Waals surface area contributed by atoms with Crippen LogP contribution in [0, 0.1) is 0 Å². The van der Waals surface area contributed by atoms with Gasteiger partial charge in [0, 0.05) is 16.2 Å². The summed E-state index contributed by atoms with van der Waals surface area (Å²) in [5, 5.41) is 9.43. The van der Waals surface area contributed by atoms with Gasteiger partial charge in [-0.2, -0.15) is 11.8 Å². The van der Waals surface area contributed by atoms with Crippen LogP contribution in [0.3, 0.4) is 0 Å². The zero-order chi connectivity index (χ0) is 14.0. The lowest BCUT2D eigenvalue weighted by molar-refractivity contribution is 0.285. The molecule has 2 unspecified atom stereocenters. The minimum absolute atomic E-state index is 0.00405. The van der Waals surface area contributed by atoms with Crippen molar-refractivity contribution in [2.75, 3.05) is 6.26 Å². The topological polar surface area (TPSA) is 66.4 Å². The first kappa shape index (κ1) is 15.8. The maximum atomic E-state index is 12.4. The Morgan fingerprint density at radius 1 is 1.58 bits per heavy atom. The monoisotopic (exact) mass is 385 g/mol. The number of halogens is 1. The molecule has 8 heteroatoms. The highest BCUT2D eigenvalue weighted by molar-refractivity contribution is 9.11. The zero-order valence-corrected chi connectivity index (χ0v) is 14.5. The molecule has 0 saturated heterocycles. The van der Waals surface area contributed by atoms with Gasteiger partial charge in [-0.1, -0.05) is 6.42 Å². The molecule has 1 aliphatic carbocycles. The fourth-order valence-corrected chi connectivity index (χ4v) is 7.14. The molecule has 19 heavy (non-hydrogen) atoms. The quantitative estimate of drug-likeness (QED) is 0.816. The van der Waals surface area contributed by atoms with Crippen molar-refractivity contribution in [3.63, 3.8) is 0 Å². The van der Waals surface area contributed by atoms with Crippen molar-refractivity contribution in [1.29, 1.82) is 0 Å². The first-order chi connectivity index (χ1) is 8.97. The van der Waals surface area contributed by atoms with E-state index in [4.69, 9.17) is 5.11 Å². The molecule has 4 nitrogen and oxygen atoms in total. The van der Waals surface area contributed by atoms with Crippen LogP contribution < -0.4 is 4.72 Å². The second-order valence-electron chi connectivity index (χ2n) is 4.44. The van der Waals surface area contributed by atoms with Crippen molar-refractivity contribution >= 4 is 49.1 Å². The smallest absolute Gasteiger partial charge is 0.242 e. The van der Waals surface area contributed by atoms with Crippen molar-refractivity contribution < 1.29 is 13.5 Å². The van der Waals surface area contributed by atoms with E-state index < -0.39 is 10.0 Å². The summed E-state index contributed by atoms with van der Waals surface area (Å²) < 4.78 is 28.1. The molecule has 108 valence electrons. The van der Waals surface area contributed by atoms with E-state index in [2.05, 4.69) is 20.7 Å². The van der Waals surface area contributed by atoms with Gasteiger partial charge in [0.2, 0.25) is 10.0 Å². The maximum Gasteiger partial charge on any atom is 0.242 e. The van der Waals surface area contributed by atoms with Gasteiger partial charge in [0.25, 0.3) is 0 Å². The van der Waals surface area contributed by atoms with Gasteiger partial charge in [0.15, 0.2) is 0 Å². The van der Waals surface area contributed by atoms with Crippen molar-refractivity contribution in [3.05, 3.63) is 14.7 Å². The number of sulfonamides is 1. The van der Waals surface area contributed by atoms with Crippen LogP contribution in [0.4, 0.5) is 0 Å². The summed E-state index contributed by atoms with van der Waals surface area (Å²) in [5.74, 6) is 0. The van der Waals surface area contributed by atoms with Gasteiger partial charge in [-0.05, 0) is 41.1 Å². The molecule has 1 aliphatic rings. The Labute approximate surface area is 130 Å². The molecule has 0 spiro atoms. The van der Waals surface area contributed by atoms with E-state index in [0.717, 1.165) is 19.3 Å². The number of hydrogen-bond donors (Lipinski definition) is 2. The molecule has 0 amide bonds. The third-order valence-corrected chi connectivity index (χ3v) is 8.11. The van der Waals surface area contributed by atoms with E-state index in [1.165, 1.54) is 17.4 Å². The van der Waals surface area contributed by atoms with Gasteiger partial charge in [-0.25, -0.2) is 13.1 Å². The van der Waals surface area contributed by atoms with Gasteiger partial charge in [0.1, 0.15) is 4.90 Å². The molecule has 1 saturated carbocycles. The molecule has 1 fully saturated rings. The average Bonchev–Trinajstić information content (AvgIpc) is 2.95. The van der Waals surface area contributed by atoms with Crippen molar-refractivity contribution in [2.45, 2.75) is 42.1 Å². The molecule has 1 aromatic heterocycles. The van der Waals surface area contributed by atoms with Crippen molar-refractivity contribution in [3.8, 4) is 0 Å².